The van der Waals surface area contributed by atoms with Gasteiger partial charge in [-0.05, 0) is 44.9 Å². The monoisotopic (exact) mass is 350 g/mol. The van der Waals surface area contributed by atoms with Crippen molar-refractivity contribution in [3.63, 3.8) is 0 Å². The Hall–Kier alpha value is -1.53. The van der Waals surface area contributed by atoms with Crippen LogP contribution in [0.2, 0.25) is 0 Å². The minimum atomic E-state index is 0.671. The standard InChI is InChI=1S/C19H34N4O2/c1-17-7-3-4-13-23(17)14-6-10-20-19(22-12-16-24-2)21-11-9-18-8-5-15-25-18/h5,8,15,17H,3-4,6-7,9-14,16H2,1-2H3,(H2,20,21,22). The molecular formula is C19H34N4O2. The number of hydrogen-bond acceptors (Lipinski definition) is 4. The van der Waals surface area contributed by atoms with E-state index in [1.165, 1.54) is 25.8 Å². The number of likely N-dealkylation sites (tertiary alicyclic amines) is 1. The van der Waals surface area contributed by atoms with Crippen molar-refractivity contribution in [2.45, 2.75) is 45.1 Å². The van der Waals surface area contributed by atoms with E-state index in [0.717, 1.165) is 56.8 Å². The van der Waals surface area contributed by atoms with E-state index in [1.54, 1.807) is 13.4 Å². The molecule has 0 aromatic carbocycles. The van der Waals surface area contributed by atoms with Crippen LogP contribution in [-0.2, 0) is 11.2 Å². The Bertz CT molecular complexity index is 476. The molecule has 2 heterocycles. The van der Waals surface area contributed by atoms with Gasteiger partial charge in [0.25, 0.3) is 0 Å². The van der Waals surface area contributed by atoms with Crippen molar-refractivity contribution >= 4 is 5.96 Å². The molecule has 0 amide bonds. The van der Waals surface area contributed by atoms with Crippen molar-refractivity contribution in [2.24, 2.45) is 4.99 Å². The molecule has 1 fully saturated rings. The molecular weight excluding hydrogens is 316 g/mol. The lowest BCUT2D eigenvalue weighted by Gasteiger charge is -2.33. The van der Waals surface area contributed by atoms with Crippen LogP contribution < -0.4 is 10.6 Å². The average molecular weight is 351 g/mol. The molecule has 2 rings (SSSR count). The second-order valence-corrected chi connectivity index (χ2v) is 6.64. The zero-order valence-corrected chi connectivity index (χ0v) is 15.8. The molecule has 1 aliphatic heterocycles. The van der Waals surface area contributed by atoms with Crippen LogP contribution in [0.5, 0.6) is 0 Å². The minimum Gasteiger partial charge on any atom is -0.469 e. The van der Waals surface area contributed by atoms with Crippen LogP contribution in [0, 0.1) is 0 Å². The van der Waals surface area contributed by atoms with Gasteiger partial charge in [0.05, 0.1) is 12.9 Å². The van der Waals surface area contributed by atoms with Crippen molar-refractivity contribution in [1.82, 2.24) is 15.5 Å². The summed E-state index contributed by atoms with van der Waals surface area (Å²) in [5.74, 6) is 1.85. The second-order valence-electron chi connectivity index (χ2n) is 6.64. The molecule has 1 atom stereocenters. The van der Waals surface area contributed by atoms with Crippen molar-refractivity contribution in [2.75, 3.05) is 46.4 Å². The maximum Gasteiger partial charge on any atom is 0.191 e. The van der Waals surface area contributed by atoms with Gasteiger partial charge in [0, 0.05) is 45.8 Å². The predicted molar refractivity (Wildman–Crippen MR) is 102 cm³/mol. The van der Waals surface area contributed by atoms with Gasteiger partial charge in [0.15, 0.2) is 5.96 Å². The number of guanidine groups is 1. The molecule has 1 saturated heterocycles. The Balaban J connectivity index is 1.70. The lowest BCUT2D eigenvalue weighted by molar-refractivity contribution is 0.160. The number of nitrogens with zero attached hydrogens (tertiary/aromatic N) is 2. The summed E-state index contributed by atoms with van der Waals surface area (Å²) in [4.78, 5) is 7.30. The van der Waals surface area contributed by atoms with Crippen LogP contribution in [0.3, 0.4) is 0 Å². The molecule has 1 aromatic heterocycles. The third-order valence-electron chi connectivity index (χ3n) is 4.66. The number of rotatable bonds is 10. The quantitative estimate of drug-likeness (QED) is 0.385. The van der Waals surface area contributed by atoms with Gasteiger partial charge in [-0.3, -0.25) is 4.99 Å². The summed E-state index contributed by atoms with van der Waals surface area (Å²) in [5, 5.41) is 6.69. The van der Waals surface area contributed by atoms with Gasteiger partial charge in [-0.25, -0.2) is 0 Å². The highest BCUT2D eigenvalue weighted by molar-refractivity contribution is 5.79. The summed E-state index contributed by atoms with van der Waals surface area (Å²) >= 11 is 0. The summed E-state index contributed by atoms with van der Waals surface area (Å²) in [5.41, 5.74) is 0. The highest BCUT2D eigenvalue weighted by atomic mass is 16.5. The molecule has 6 nitrogen and oxygen atoms in total. The number of nitrogens with one attached hydrogen (secondary N) is 2. The van der Waals surface area contributed by atoms with Gasteiger partial charge < -0.3 is 24.7 Å². The molecule has 25 heavy (non-hydrogen) atoms. The maximum absolute atomic E-state index is 5.36. The largest absolute Gasteiger partial charge is 0.469 e. The highest BCUT2D eigenvalue weighted by Gasteiger charge is 2.16. The smallest absolute Gasteiger partial charge is 0.191 e. The summed E-state index contributed by atoms with van der Waals surface area (Å²) in [6, 6.07) is 4.64. The Labute approximate surface area is 152 Å². The third-order valence-corrected chi connectivity index (χ3v) is 4.66. The molecule has 0 saturated carbocycles. The van der Waals surface area contributed by atoms with Crippen molar-refractivity contribution in [1.29, 1.82) is 0 Å². The van der Waals surface area contributed by atoms with Gasteiger partial charge in [-0.1, -0.05) is 6.42 Å². The number of hydrogen-bond donors (Lipinski definition) is 2. The van der Waals surface area contributed by atoms with E-state index in [1.807, 2.05) is 12.1 Å². The summed E-state index contributed by atoms with van der Waals surface area (Å²) < 4.78 is 10.5. The molecule has 1 unspecified atom stereocenters. The number of aliphatic imine (C=N–C) groups is 1. The Kier molecular flexibility index (Phi) is 9.44. The summed E-state index contributed by atoms with van der Waals surface area (Å²) in [7, 11) is 1.71. The average Bonchev–Trinajstić information content (AvgIpc) is 3.13. The minimum absolute atomic E-state index is 0.671. The molecule has 142 valence electrons. The first-order valence-electron chi connectivity index (χ1n) is 9.57. The second kappa shape index (κ2) is 11.9. The van der Waals surface area contributed by atoms with E-state index >= 15 is 0 Å². The van der Waals surface area contributed by atoms with Crippen LogP contribution in [-0.4, -0.2) is 63.3 Å². The fourth-order valence-corrected chi connectivity index (χ4v) is 3.16. The van der Waals surface area contributed by atoms with E-state index in [-0.39, 0.29) is 0 Å². The molecule has 0 bridgehead atoms. The molecule has 2 N–H and O–H groups in total. The fourth-order valence-electron chi connectivity index (χ4n) is 3.16. The first-order valence-corrected chi connectivity index (χ1v) is 9.57. The zero-order chi connectivity index (χ0) is 17.7. The number of furan rings is 1. The van der Waals surface area contributed by atoms with Crippen molar-refractivity contribution in [3.8, 4) is 0 Å². The summed E-state index contributed by atoms with van der Waals surface area (Å²) in [6.07, 6.45) is 7.71. The maximum atomic E-state index is 5.36. The van der Waals surface area contributed by atoms with Gasteiger partial charge in [-0.2, -0.15) is 0 Å². The molecule has 0 aliphatic carbocycles. The normalized spacial score (nSPS) is 19.1. The Morgan fingerprint density at radius 2 is 2.24 bits per heavy atom. The van der Waals surface area contributed by atoms with Crippen molar-refractivity contribution in [3.05, 3.63) is 24.2 Å². The van der Waals surface area contributed by atoms with Crippen LogP contribution in [0.4, 0.5) is 0 Å². The van der Waals surface area contributed by atoms with Gasteiger partial charge in [-0.15, -0.1) is 0 Å². The van der Waals surface area contributed by atoms with Gasteiger partial charge in [0.1, 0.15) is 5.76 Å². The lowest BCUT2D eigenvalue weighted by atomic mass is 10.0. The number of piperidine rings is 1. The molecule has 0 spiro atoms. The van der Waals surface area contributed by atoms with Crippen molar-refractivity contribution < 1.29 is 9.15 Å². The first-order chi connectivity index (χ1) is 12.3. The summed E-state index contributed by atoms with van der Waals surface area (Å²) in [6.45, 7) is 7.79. The predicted octanol–water partition coefficient (Wildman–Crippen LogP) is 2.27. The van der Waals surface area contributed by atoms with Crippen LogP contribution in [0.1, 0.15) is 38.4 Å². The topological polar surface area (TPSA) is 62.0 Å². The lowest BCUT2D eigenvalue weighted by Crippen LogP contribution is -2.40. The van der Waals surface area contributed by atoms with E-state index in [9.17, 15) is 0 Å². The van der Waals surface area contributed by atoms with Crippen LogP contribution in [0.15, 0.2) is 27.8 Å². The number of ether oxygens (including phenoxy) is 1. The van der Waals surface area contributed by atoms with Gasteiger partial charge in [0.2, 0.25) is 0 Å². The zero-order valence-electron chi connectivity index (χ0n) is 15.8. The van der Waals surface area contributed by atoms with E-state index in [4.69, 9.17) is 14.1 Å². The SMILES string of the molecule is COCCNC(=NCCCN1CCCCC1C)NCCc1ccco1. The molecule has 6 heteroatoms. The third kappa shape index (κ3) is 7.92. The fraction of sp³-hybridized carbons (Fsp3) is 0.737. The highest BCUT2D eigenvalue weighted by Crippen LogP contribution is 2.16. The first kappa shape index (κ1) is 19.8. The van der Waals surface area contributed by atoms with Crippen LogP contribution >= 0.6 is 0 Å². The van der Waals surface area contributed by atoms with E-state index in [0.29, 0.717) is 6.61 Å². The van der Waals surface area contributed by atoms with E-state index in [2.05, 4.69) is 22.5 Å². The Morgan fingerprint density at radius 1 is 1.36 bits per heavy atom. The van der Waals surface area contributed by atoms with Gasteiger partial charge >= 0.3 is 0 Å². The number of methoxy groups -OCH3 is 1. The Morgan fingerprint density at radius 3 is 3.00 bits per heavy atom. The molecule has 1 aromatic rings. The van der Waals surface area contributed by atoms with Crippen LogP contribution in [0.25, 0.3) is 0 Å². The molecule has 0 radical (unpaired) electrons. The molecule has 1 aliphatic rings. The van der Waals surface area contributed by atoms with E-state index < -0.39 is 0 Å².